The maximum Gasteiger partial charge on any atom is 0.0164 e. The molecule has 2 fully saturated rings. The van der Waals surface area contributed by atoms with Crippen LogP contribution in [0.2, 0.25) is 0 Å². The average Bonchev–Trinajstić information content (AvgIpc) is 1.89. The second kappa shape index (κ2) is 3.84. The van der Waals surface area contributed by atoms with Gasteiger partial charge in [-0.25, -0.2) is 0 Å². The maximum atomic E-state index is 2.70. The van der Waals surface area contributed by atoms with Crippen molar-refractivity contribution in [2.75, 3.05) is 6.54 Å². The Balaban J connectivity index is 1.95. The van der Waals surface area contributed by atoms with Crippen LogP contribution in [0.15, 0.2) is 0 Å². The molecule has 2 atom stereocenters. The molecular weight excluding hydrogens is 170 g/mol. The standard InChI is InChI=1S/C13H25N/c1-9(2)13-12(11-6-5-7-11)8-14(13)10(3)4/h9-13H,5-8H2,1-4H3. The molecule has 1 nitrogen and oxygen atoms in total. The molecular formula is C13H25N. The second-order valence-electron chi connectivity index (χ2n) is 5.88. The van der Waals surface area contributed by atoms with Gasteiger partial charge in [-0.05, 0) is 31.6 Å². The Kier molecular flexibility index (Phi) is 2.88. The maximum absolute atomic E-state index is 2.70. The smallest absolute Gasteiger partial charge is 0.0164 e. The number of hydrogen-bond acceptors (Lipinski definition) is 1. The normalized spacial score (nSPS) is 34.7. The molecule has 14 heavy (non-hydrogen) atoms. The summed E-state index contributed by atoms with van der Waals surface area (Å²) in [5.41, 5.74) is 0. The summed E-state index contributed by atoms with van der Waals surface area (Å²) in [7, 11) is 0. The molecule has 0 N–H and O–H groups in total. The predicted molar refractivity (Wildman–Crippen MR) is 61.3 cm³/mol. The molecule has 1 heteroatoms. The molecule has 2 aliphatic rings. The first-order chi connectivity index (χ1) is 6.61. The van der Waals surface area contributed by atoms with Crippen molar-refractivity contribution in [2.24, 2.45) is 17.8 Å². The van der Waals surface area contributed by atoms with E-state index in [1.807, 2.05) is 0 Å². The zero-order valence-electron chi connectivity index (χ0n) is 10.2. The fourth-order valence-electron chi connectivity index (χ4n) is 3.31. The van der Waals surface area contributed by atoms with E-state index in [2.05, 4.69) is 32.6 Å². The third-order valence-electron chi connectivity index (χ3n) is 4.34. The molecule has 0 aromatic heterocycles. The SMILES string of the molecule is CC(C)C1C(C2CCC2)CN1C(C)C. The van der Waals surface area contributed by atoms with Gasteiger partial charge in [0.15, 0.2) is 0 Å². The van der Waals surface area contributed by atoms with Crippen LogP contribution in [0.3, 0.4) is 0 Å². The van der Waals surface area contributed by atoms with Gasteiger partial charge in [-0.15, -0.1) is 0 Å². The summed E-state index contributed by atoms with van der Waals surface area (Å²) in [6, 6.07) is 1.64. The van der Waals surface area contributed by atoms with E-state index in [4.69, 9.17) is 0 Å². The Morgan fingerprint density at radius 1 is 1.07 bits per heavy atom. The van der Waals surface area contributed by atoms with Gasteiger partial charge in [-0.1, -0.05) is 33.1 Å². The highest BCUT2D eigenvalue weighted by Crippen LogP contribution is 2.44. The zero-order chi connectivity index (χ0) is 10.3. The van der Waals surface area contributed by atoms with Crippen molar-refractivity contribution in [3.63, 3.8) is 0 Å². The Morgan fingerprint density at radius 3 is 2.07 bits per heavy atom. The highest BCUT2D eigenvalue weighted by Gasteiger charge is 2.46. The Labute approximate surface area is 88.9 Å². The summed E-state index contributed by atoms with van der Waals surface area (Å²) in [6.45, 7) is 10.8. The zero-order valence-corrected chi connectivity index (χ0v) is 10.2. The molecule has 2 unspecified atom stereocenters. The van der Waals surface area contributed by atoms with E-state index >= 15 is 0 Å². The lowest BCUT2D eigenvalue weighted by molar-refractivity contribution is -0.0815. The van der Waals surface area contributed by atoms with E-state index in [0.717, 1.165) is 29.8 Å². The lowest BCUT2D eigenvalue weighted by Crippen LogP contribution is -2.63. The van der Waals surface area contributed by atoms with Crippen molar-refractivity contribution in [3.05, 3.63) is 0 Å². The topological polar surface area (TPSA) is 3.24 Å². The van der Waals surface area contributed by atoms with Crippen molar-refractivity contribution < 1.29 is 0 Å². The minimum atomic E-state index is 0.749. The summed E-state index contributed by atoms with van der Waals surface area (Å²) in [5, 5.41) is 0. The first-order valence-corrected chi connectivity index (χ1v) is 6.37. The van der Waals surface area contributed by atoms with Crippen LogP contribution in [0.4, 0.5) is 0 Å². The van der Waals surface area contributed by atoms with Gasteiger partial charge in [-0.3, -0.25) is 4.90 Å². The average molecular weight is 195 g/mol. The molecule has 82 valence electrons. The third kappa shape index (κ3) is 1.60. The molecule has 1 saturated heterocycles. The molecule has 0 aromatic carbocycles. The monoisotopic (exact) mass is 195 g/mol. The van der Waals surface area contributed by atoms with Crippen LogP contribution < -0.4 is 0 Å². The van der Waals surface area contributed by atoms with Gasteiger partial charge in [0.05, 0.1) is 0 Å². The summed E-state index contributed by atoms with van der Waals surface area (Å²) in [6.07, 6.45) is 4.52. The van der Waals surface area contributed by atoms with Crippen LogP contribution in [-0.4, -0.2) is 23.5 Å². The largest absolute Gasteiger partial charge is 0.297 e. The van der Waals surface area contributed by atoms with Crippen LogP contribution >= 0.6 is 0 Å². The van der Waals surface area contributed by atoms with E-state index < -0.39 is 0 Å². The lowest BCUT2D eigenvalue weighted by atomic mass is 9.65. The fourth-order valence-corrected chi connectivity index (χ4v) is 3.31. The van der Waals surface area contributed by atoms with Crippen molar-refractivity contribution in [3.8, 4) is 0 Å². The quantitative estimate of drug-likeness (QED) is 0.668. The Hall–Kier alpha value is -0.0400. The molecule has 0 bridgehead atoms. The van der Waals surface area contributed by atoms with Gasteiger partial charge in [0.2, 0.25) is 0 Å². The summed E-state index contributed by atoms with van der Waals surface area (Å²) < 4.78 is 0. The molecule has 0 amide bonds. The van der Waals surface area contributed by atoms with E-state index in [0.29, 0.717) is 0 Å². The van der Waals surface area contributed by atoms with Crippen LogP contribution in [0.1, 0.15) is 47.0 Å². The van der Waals surface area contributed by atoms with E-state index in [1.165, 1.54) is 25.8 Å². The molecule has 2 rings (SSSR count). The van der Waals surface area contributed by atoms with Gasteiger partial charge in [0.25, 0.3) is 0 Å². The molecule has 1 saturated carbocycles. The number of likely N-dealkylation sites (tertiary alicyclic amines) is 1. The number of nitrogens with zero attached hydrogens (tertiary/aromatic N) is 1. The Bertz CT molecular complexity index is 193. The van der Waals surface area contributed by atoms with Crippen LogP contribution in [0.5, 0.6) is 0 Å². The number of rotatable bonds is 3. The van der Waals surface area contributed by atoms with Gasteiger partial charge in [0.1, 0.15) is 0 Å². The highest BCUT2D eigenvalue weighted by atomic mass is 15.3. The summed E-state index contributed by atoms with van der Waals surface area (Å²) in [5.74, 6) is 2.96. The first kappa shape index (κ1) is 10.5. The lowest BCUT2D eigenvalue weighted by Gasteiger charge is -2.57. The Morgan fingerprint density at radius 2 is 1.71 bits per heavy atom. The summed E-state index contributed by atoms with van der Waals surface area (Å²) >= 11 is 0. The van der Waals surface area contributed by atoms with E-state index in [9.17, 15) is 0 Å². The molecule has 0 aromatic rings. The first-order valence-electron chi connectivity index (χ1n) is 6.37. The molecule has 0 radical (unpaired) electrons. The molecule has 0 spiro atoms. The van der Waals surface area contributed by atoms with Crippen molar-refractivity contribution >= 4 is 0 Å². The molecule has 1 aliphatic heterocycles. The van der Waals surface area contributed by atoms with Gasteiger partial charge >= 0.3 is 0 Å². The second-order valence-corrected chi connectivity index (χ2v) is 5.88. The number of hydrogen-bond donors (Lipinski definition) is 0. The molecule has 1 heterocycles. The fraction of sp³-hybridized carbons (Fsp3) is 1.00. The van der Waals surface area contributed by atoms with Crippen LogP contribution in [0.25, 0.3) is 0 Å². The minimum Gasteiger partial charge on any atom is -0.297 e. The predicted octanol–water partition coefficient (Wildman–Crippen LogP) is 3.15. The third-order valence-corrected chi connectivity index (χ3v) is 4.34. The summed E-state index contributed by atoms with van der Waals surface area (Å²) in [4.78, 5) is 2.70. The van der Waals surface area contributed by atoms with Gasteiger partial charge < -0.3 is 0 Å². The van der Waals surface area contributed by atoms with E-state index in [-0.39, 0.29) is 0 Å². The van der Waals surface area contributed by atoms with Crippen LogP contribution in [0, 0.1) is 17.8 Å². The highest BCUT2D eigenvalue weighted by molar-refractivity contribution is 4.99. The van der Waals surface area contributed by atoms with Crippen molar-refractivity contribution in [1.29, 1.82) is 0 Å². The van der Waals surface area contributed by atoms with Gasteiger partial charge in [-0.2, -0.15) is 0 Å². The molecule has 1 aliphatic carbocycles. The van der Waals surface area contributed by atoms with Crippen molar-refractivity contribution in [1.82, 2.24) is 4.90 Å². The minimum absolute atomic E-state index is 0.749. The van der Waals surface area contributed by atoms with Crippen LogP contribution in [-0.2, 0) is 0 Å². The van der Waals surface area contributed by atoms with E-state index in [1.54, 1.807) is 0 Å². The van der Waals surface area contributed by atoms with Gasteiger partial charge in [0, 0.05) is 18.6 Å². The van der Waals surface area contributed by atoms with Crippen molar-refractivity contribution in [2.45, 2.75) is 59.0 Å².